The van der Waals surface area contributed by atoms with Gasteiger partial charge in [-0.05, 0) is 176 Å². The van der Waals surface area contributed by atoms with Gasteiger partial charge in [0.25, 0.3) is 25.7 Å². The number of nitrogens with one attached hydrogen (secondary N) is 3. The summed E-state index contributed by atoms with van der Waals surface area (Å²) in [5.74, 6) is -2.29. The van der Waals surface area contributed by atoms with Crippen LogP contribution in [0.3, 0.4) is 0 Å². The lowest BCUT2D eigenvalue weighted by molar-refractivity contribution is -0.387. The summed E-state index contributed by atoms with van der Waals surface area (Å²) >= 11 is 0. The molecular formula is C62H62N4O15S3. The quantitative estimate of drug-likeness (QED) is 0.0229. The number of rotatable bonds is 25. The minimum Gasteiger partial charge on any atom is -0.497 e. The van der Waals surface area contributed by atoms with Gasteiger partial charge in [0.1, 0.15) is 5.75 Å². The van der Waals surface area contributed by atoms with Crippen molar-refractivity contribution in [3.8, 4) is 5.75 Å². The van der Waals surface area contributed by atoms with Gasteiger partial charge in [0.05, 0.1) is 56.9 Å². The van der Waals surface area contributed by atoms with Gasteiger partial charge in [0.15, 0.2) is 4.90 Å². The smallest absolute Gasteiger partial charge is 0.335 e. The maximum atomic E-state index is 12.8. The lowest BCUT2D eigenvalue weighted by Crippen LogP contribution is -2.15. The van der Waals surface area contributed by atoms with E-state index in [1.165, 1.54) is 43.5 Å². The van der Waals surface area contributed by atoms with Crippen LogP contribution in [-0.4, -0.2) is 76.8 Å². The molecule has 0 bridgehead atoms. The fraction of sp³-hybridized carbons (Fsp3) is 0.177. The highest BCUT2D eigenvalue weighted by Crippen LogP contribution is 2.28. The Labute approximate surface area is 488 Å². The topological polar surface area (TPSA) is 303 Å². The number of hydrogen-bond donors (Lipinski definition) is 6. The molecule has 0 heterocycles. The van der Waals surface area contributed by atoms with E-state index in [9.17, 15) is 49.8 Å². The molecule has 0 amide bonds. The molecule has 19 nitrogen and oxygen atoms in total. The molecule has 8 aromatic rings. The Morgan fingerprint density at radius 2 is 0.810 bits per heavy atom. The highest BCUT2D eigenvalue weighted by Gasteiger charge is 2.26. The number of aryl methyl sites for hydroxylation is 6. The summed E-state index contributed by atoms with van der Waals surface area (Å²) < 4.78 is 86.6. The van der Waals surface area contributed by atoms with E-state index in [4.69, 9.17) is 20.1 Å². The van der Waals surface area contributed by atoms with Gasteiger partial charge in [0, 0.05) is 6.07 Å². The number of carboxylic acid groups (broad SMARTS) is 3. The molecule has 0 atom stereocenters. The lowest BCUT2D eigenvalue weighted by Gasteiger charge is -2.13. The maximum Gasteiger partial charge on any atom is 0.335 e. The van der Waals surface area contributed by atoms with Crippen molar-refractivity contribution in [1.82, 2.24) is 0 Å². The number of para-hydroxylation sites is 4. The van der Waals surface area contributed by atoms with Crippen molar-refractivity contribution < 1.29 is 64.6 Å². The molecule has 0 aliphatic rings. The normalized spacial score (nSPS) is 11.1. The molecule has 0 aliphatic heterocycles. The largest absolute Gasteiger partial charge is 0.497 e. The predicted molar refractivity (Wildman–Crippen MR) is 322 cm³/mol. The predicted octanol–water partition coefficient (Wildman–Crippen LogP) is 11.6. The summed E-state index contributed by atoms with van der Waals surface area (Å²) in [4.78, 5) is 43.4. The number of benzene rings is 8. The molecule has 0 aromatic heterocycles. The zero-order chi connectivity index (χ0) is 60.9. The number of sulfonamides is 3. The first-order valence-electron chi connectivity index (χ1n) is 26.1. The average molecular weight is 1200 g/mol. The van der Waals surface area contributed by atoms with Crippen molar-refractivity contribution in [1.29, 1.82) is 0 Å². The van der Waals surface area contributed by atoms with E-state index >= 15 is 0 Å². The second-order valence-corrected chi connectivity index (χ2v) is 24.1. The zero-order valence-corrected chi connectivity index (χ0v) is 48.2. The van der Waals surface area contributed by atoms with Crippen LogP contribution in [0.5, 0.6) is 5.75 Å². The van der Waals surface area contributed by atoms with Gasteiger partial charge in [0.2, 0.25) is 10.0 Å². The van der Waals surface area contributed by atoms with Crippen LogP contribution in [0.4, 0.5) is 22.7 Å². The fourth-order valence-electron chi connectivity index (χ4n) is 8.74. The number of ether oxygens (including phenoxy) is 1. The van der Waals surface area contributed by atoms with Crippen LogP contribution in [0.1, 0.15) is 83.7 Å². The van der Waals surface area contributed by atoms with E-state index in [-0.39, 0.29) is 21.6 Å². The number of carboxylic acids is 3. The second kappa shape index (κ2) is 30.1. The van der Waals surface area contributed by atoms with Gasteiger partial charge in [-0.25, -0.2) is 39.6 Å². The Balaban J connectivity index is 0.000000205. The third-order valence-corrected chi connectivity index (χ3v) is 16.2. The molecule has 0 radical (unpaired) electrons. The van der Waals surface area contributed by atoms with Crippen molar-refractivity contribution in [3.05, 3.63) is 254 Å². The highest BCUT2D eigenvalue weighted by molar-refractivity contribution is 7.93. The van der Waals surface area contributed by atoms with E-state index < -0.39 is 63.5 Å². The standard InChI is InChI=1S/C23H23NO5S.C22H20N2O6S.C17H19NO4S/c1-29-20-12-14-21(15-13-20)30(27,28)24-22-11-3-2-8-18(22)9-4-6-17-7-5-10-19(16-17)23(25)26;25-22(26)18-11-6-8-16(15-18)7-5-10-17-9-1-2-12-19(17)23-31(29,30)21-14-4-3-13-20(21)24(27)28;1-23(21,22)18-16-11-3-2-8-14(16)9-4-6-13-7-5-10-15(12-13)17(19)20/h2-3,5,7-8,10-16,24H,4,6,9H2,1H3,(H,25,26);1-4,6,8-9,11-15,23H,5,7,10H2,(H,25,26);2-3,5,7-8,10-12,18H,4,6,9H2,1H3,(H,19,20). The van der Waals surface area contributed by atoms with E-state index in [2.05, 4.69) is 14.2 Å². The van der Waals surface area contributed by atoms with E-state index in [0.29, 0.717) is 61.3 Å². The molecule has 0 saturated carbocycles. The Morgan fingerprint density at radius 3 is 1.18 bits per heavy atom. The Hall–Kier alpha value is -9.38. The van der Waals surface area contributed by atoms with Crippen LogP contribution < -0.4 is 18.9 Å². The van der Waals surface area contributed by atoms with Crippen LogP contribution in [0.2, 0.25) is 0 Å². The molecule has 84 heavy (non-hydrogen) atoms. The summed E-state index contributed by atoms with van der Waals surface area (Å²) in [5, 5.41) is 38.4. The van der Waals surface area contributed by atoms with Crippen LogP contribution in [0.25, 0.3) is 0 Å². The summed E-state index contributed by atoms with van der Waals surface area (Å²) in [7, 11) is -9.67. The summed E-state index contributed by atoms with van der Waals surface area (Å²) in [6.45, 7) is 0. The third-order valence-electron chi connectivity index (χ3n) is 12.8. The molecular weight excluding hydrogens is 1140 g/mol. The number of anilines is 3. The van der Waals surface area contributed by atoms with E-state index in [0.717, 1.165) is 65.0 Å². The minimum atomic E-state index is -4.16. The van der Waals surface area contributed by atoms with Crippen LogP contribution in [-0.2, 0) is 68.6 Å². The number of hydrogen-bond acceptors (Lipinski definition) is 12. The summed E-state index contributed by atoms with van der Waals surface area (Å²) in [6, 6.07) is 53.2. The summed E-state index contributed by atoms with van der Waals surface area (Å²) in [5.41, 5.74) is 7.04. The van der Waals surface area contributed by atoms with E-state index in [1.807, 2.05) is 42.5 Å². The van der Waals surface area contributed by atoms with Gasteiger partial charge in [-0.1, -0.05) is 103 Å². The minimum absolute atomic E-state index is 0.156. The molecule has 0 aliphatic carbocycles. The van der Waals surface area contributed by atoms with Gasteiger partial charge in [-0.2, -0.15) is 0 Å². The molecule has 0 fully saturated rings. The molecule has 0 spiro atoms. The number of nitrogens with zero attached hydrogens (tertiary/aromatic N) is 1. The second-order valence-electron chi connectivity index (χ2n) is 19.0. The van der Waals surface area contributed by atoms with Gasteiger partial charge < -0.3 is 20.1 Å². The summed E-state index contributed by atoms with van der Waals surface area (Å²) in [6.07, 6.45) is 7.27. The molecule has 438 valence electrons. The number of carbonyl (C=O) groups is 3. The molecule has 22 heteroatoms. The Kier molecular flexibility index (Phi) is 22.8. The molecule has 8 aromatic carbocycles. The lowest BCUT2D eigenvalue weighted by atomic mass is 10.0. The third kappa shape index (κ3) is 19.7. The van der Waals surface area contributed by atoms with Crippen LogP contribution >= 0.6 is 0 Å². The van der Waals surface area contributed by atoms with Crippen molar-refractivity contribution in [2.45, 2.75) is 67.6 Å². The fourth-order valence-corrected chi connectivity index (χ4v) is 11.7. The van der Waals surface area contributed by atoms with Crippen LogP contribution in [0, 0.1) is 10.1 Å². The van der Waals surface area contributed by atoms with Crippen molar-refractivity contribution in [3.63, 3.8) is 0 Å². The average Bonchev–Trinajstić information content (AvgIpc) is 3.66. The zero-order valence-electron chi connectivity index (χ0n) is 45.8. The Morgan fingerprint density at radius 1 is 0.452 bits per heavy atom. The van der Waals surface area contributed by atoms with E-state index in [1.54, 1.807) is 109 Å². The highest BCUT2D eigenvalue weighted by atomic mass is 32.2. The van der Waals surface area contributed by atoms with Gasteiger partial charge >= 0.3 is 17.9 Å². The SMILES string of the molecule is COc1ccc(S(=O)(=O)Nc2ccccc2CCCc2cccc(C(=O)O)c2)cc1.CS(=O)(=O)Nc1ccccc1CCCc1cccc(C(=O)O)c1.O=C(O)c1cccc(CCCc2ccccc2NS(=O)(=O)c2ccccc2[N+](=O)[O-])c1. The van der Waals surface area contributed by atoms with Crippen molar-refractivity contribution >= 4 is 70.7 Å². The Bertz CT molecular complexity index is 3950. The maximum absolute atomic E-state index is 12.8. The van der Waals surface area contributed by atoms with Crippen molar-refractivity contribution in [2.75, 3.05) is 27.5 Å². The number of methoxy groups -OCH3 is 1. The molecule has 0 saturated heterocycles. The monoisotopic (exact) mass is 1200 g/mol. The number of nitro benzene ring substituents is 1. The van der Waals surface area contributed by atoms with Gasteiger partial charge in [-0.15, -0.1) is 0 Å². The number of nitro groups is 1. The molecule has 6 N–H and O–H groups in total. The van der Waals surface area contributed by atoms with Crippen LogP contribution in [0.15, 0.2) is 204 Å². The van der Waals surface area contributed by atoms with Gasteiger partial charge in [-0.3, -0.25) is 24.3 Å². The molecule has 8 rings (SSSR count). The first-order valence-corrected chi connectivity index (χ1v) is 31.0. The first kappa shape index (κ1) is 63.8. The first-order chi connectivity index (χ1) is 40.0. The number of aromatic carboxylic acids is 3. The molecule has 0 unspecified atom stereocenters. The van der Waals surface area contributed by atoms with Crippen molar-refractivity contribution in [2.24, 2.45) is 0 Å².